The van der Waals surface area contributed by atoms with Crippen LogP contribution in [0.15, 0.2) is 30.3 Å². The second kappa shape index (κ2) is 15.9. The van der Waals surface area contributed by atoms with Crippen molar-refractivity contribution in [2.45, 2.75) is 64.0 Å². The number of rotatable bonds is 18. The van der Waals surface area contributed by atoms with Crippen LogP contribution in [-0.2, 0) is 4.65 Å². The van der Waals surface area contributed by atoms with E-state index in [0.29, 0.717) is 26.1 Å². The molecule has 0 aliphatic heterocycles. The van der Waals surface area contributed by atoms with Gasteiger partial charge in [-0.25, -0.2) is 0 Å². The summed E-state index contributed by atoms with van der Waals surface area (Å²) < 4.78 is 5.03. The maximum Gasteiger partial charge on any atom is 0.373 e. The summed E-state index contributed by atoms with van der Waals surface area (Å²) in [6.07, 6.45) is 6.55. The highest BCUT2D eigenvalue weighted by molar-refractivity contribution is 6.45. The zero-order valence-electron chi connectivity index (χ0n) is 18.9. The van der Waals surface area contributed by atoms with E-state index in [4.69, 9.17) is 10.1 Å². The van der Waals surface area contributed by atoms with Crippen LogP contribution in [0.1, 0.15) is 48.9 Å². The van der Waals surface area contributed by atoms with Crippen molar-refractivity contribution in [2.75, 3.05) is 13.1 Å². The number of hydrogen-bond donors (Lipinski definition) is 6. The summed E-state index contributed by atoms with van der Waals surface area (Å²) in [6.45, 7) is 4.69. The molecule has 0 saturated heterocycles. The van der Waals surface area contributed by atoms with Crippen molar-refractivity contribution in [3.8, 4) is 0 Å². The van der Waals surface area contributed by atoms with Crippen LogP contribution < -0.4 is 15.8 Å². The fourth-order valence-corrected chi connectivity index (χ4v) is 3.65. The van der Waals surface area contributed by atoms with Gasteiger partial charge in [0.15, 0.2) is 0 Å². The van der Waals surface area contributed by atoms with Gasteiger partial charge in [0, 0.05) is 11.1 Å². The average Bonchev–Trinajstić information content (AvgIpc) is 2.74. The van der Waals surface area contributed by atoms with E-state index >= 15 is 0 Å². The Labute approximate surface area is 188 Å². The summed E-state index contributed by atoms with van der Waals surface area (Å²) in [7, 11) is -0.650. The first-order valence-electron chi connectivity index (χ1n) is 11.2. The summed E-state index contributed by atoms with van der Waals surface area (Å²) >= 11 is 0. The third-order valence-corrected chi connectivity index (χ3v) is 5.21. The second-order valence-electron chi connectivity index (χ2n) is 8.01. The van der Waals surface area contributed by atoms with Gasteiger partial charge in [-0.05, 0) is 77.3 Å². The Morgan fingerprint density at radius 1 is 1.06 bits per heavy atom. The van der Waals surface area contributed by atoms with Crippen molar-refractivity contribution in [3.05, 3.63) is 35.9 Å². The number of hydrogen-bond acceptors (Lipinski definition) is 7. The molecule has 0 fully saturated rings. The molecule has 6 N–H and O–H groups in total. The van der Waals surface area contributed by atoms with Gasteiger partial charge in [0.05, 0.1) is 0 Å². The van der Waals surface area contributed by atoms with E-state index in [1.54, 1.807) is 13.6 Å². The SMILES string of the molecule is CB(O)NCCCC(CCCBOC=N)(CCCNB(C)O)NC(=O)c1ccccc1. The summed E-state index contributed by atoms with van der Waals surface area (Å²) in [5.74, 6) is -0.0942. The average molecular weight is 430 g/mol. The molecule has 0 unspecified atom stereocenters. The molecule has 0 bridgehead atoms. The van der Waals surface area contributed by atoms with E-state index in [9.17, 15) is 14.8 Å². The van der Waals surface area contributed by atoms with Crippen molar-refractivity contribution in [3.63, 3.8) is 0 Å². The molecule has 1 amide bonds. The highest BCUT2D eigenvalue weighted by Crippen LogP contribution is 2.27. The molecule has 0 heterocycles. The van der Waals surface area contributed by atoms with E-state index in [2.05, 4.69) is 15.8 Å². The fraction of sp³-hybridized carbons (Fsp3) is 0.600. The lowest BCUT2D eigenvalue weighted by molar-refractivity contribution is 0.0874. The third-order valence-electron chi connectivity index (χ3n) is 5.21. The summed E-state index contributed by atoms with van der Waals surface area (Å²) in [6, 6.07) is 9.20. The summed E-state index contributed by atoms with van der Waals surface area (Å²) in [5, 5.41) is 35.3. The molecule has 0 aliphatic carbocycles. The van der Waals surface area contributed by atoms with E-state index in [1.165, 1.54) is 0 Å². The van der Waals surface area contributed by atoms with Crippen LogP contribution in [0, 0.1) is 5.41 Å². The normalized spacial score (nSPS) is 11.0. The Morgan fingerprint density at radius 2 is 1.61 bits per heavy atom. The summed E-state index contributed by atoms with van der Waals surface area (Å²) in [4.78, 5) is 13.0. The van der Waals surface area contributed by atoms with Crippen LogP contribution in [0.2, 0.25) is 20.0 Å². The molecule has 1 aromatic carbocycles. The predicted octanol–water partition coefficient (Wildman–Crippen LogP) is 1.29. The number of amides is 1. The number of nitrogens with one attached hydrogen (secondary N) is 4. The maximum absolute atomic E-state index is 13.0. The van der Waals surface area contributed by atoms with Gasteiger partial charge in [-0.15, -0.1) is 0 Å². The van der Waals surface area contributed by atoms with Crippen LogP contribution in [0.4, 0.5) is 0 Å². The largest absolute Gasteiger partial charge is 0.557 e. The van der Waals surface area contributed by atoms with Crippen LogP contribution in [0.5, 0.6) is 0 Å². The van der Waals surface area contributed by atoms with E-state index < -0.39 is 19.6 Å². The first kappa shape index (κ1) is 27.2. The monoisotopic (exact) mass is 430 g/mol. The third kappa shape index (κ3) is 12.6. The molecule has 1 aromatic rings. The molecule has 0 aromatic heterocycles. The zero-order chi connectivity index (χ0) is 23.0. The highest BCUT2D eigenvalue weighted by Gasteiger charge is 2.31. The second-order valence-corrected chi connectivity index (χ2v) is 8.01. The Balaban J connectivity index is 2.89. The number of carbonyl (C=O) groups excluding carboxylic acids is 1. The topological polar surface area (TPSA) is 127 Å². The van der Waals surface area contributed by atoms with Crippen LogP contribution in [0.25, 0.3) is 0 Å². The first-order valence-corrected chi connectivity index (χ1v) is 11.2. The minimum atomic E-state index is -0.568. The zero-order valence-corrected chi connectivity index (χ0v) is 18.9. The molecule has 0 spiro atoms. The molecule has 0 atom stereocenters. The van der Waals surface area contributed by atoms with Gasteiger partial charge in [-0.1, -0.05) is 24.6 Å². The van der Waals surface area contributed by atoms with Crippen LogP contribution in [-0.4, -0.2) is 62.6 Å². The minimum Gasteiger partial charge on any atom is -0.557 e. The predicted molar refractivity (Wildman–Crippen MR) is 130 cm³/mol. The standard InChI is InChI=1S/C20H37B3N4O4/c1-22(29)25-15-7-12-20(11-6-14-21-31-17-24,13-8-16-26-23(2)30)27-19(28)18-9-4-3-5-10-18/h3-5,9-10,17,21,24-26,29-30H,6-8,11-16H2,1-2H3,(H,27,28). The smallest absolute Gasteiger partial charge is 0.373 e. The van der Waals surface area contributed by atoms with E-state index in [0.717, 1.165) is 51.2 Å². The molecule has 170 valence electrons. The highest BCUT2D eigenvalue weighted by atomic mass is 16.4. The molecule has 11 heteroatoms. The summed E-state index contributed by atoms with van der Waals surface area (Å²) in [5.41, 5.74) is 0.224. The Hall–Kier alpha value is -1.81. The molecular weight excluding hydrogens is 393 g/mol. The molecule has 0 radical (unpaired) electrons. The Kier molecular flexibility index (Phi) is 14.0. The lowest BCUT2D eigenvalue weighted by atomic mass is 9.79. The lowest BCUT2D eigenvalue weighted by Gasteiger charge is -2.36. The van der Waals surface area contributed by atoms with Gasteiger partial charge in [0.25, 0.3) is 5.91 Å². The van der Waals surface area contributed by atoms with Gasteiger partial charge in [0.2, 0.25) is 0 Å². The number of benzene rings is 1. The Bertz CT molecular complexity index is 608. The van der Waals surface area contributed by atoms with Gasteiger partial charge in [-0.3, -0.25) is 10.2 Å². The van der Waals surface area contributed by atoms with Crippen molar-refractivity contribution < 1.29 is 19.5 Å². The fourth-order valence-electron chi connectivity index (χ4n) is 3.65. The molecule has 0 saturated carbocycles. The Morgan fingerprint density at radius 3 is 2.13 bits per heavy atom. The molecular formula is C20H37B3N4O4. The molecule has 0 aliphatic rings. The van der Waals surface area contributed by atoms with Crippen molar-refractivity contribution in [2.24, 2.45) is 0 Å². The van der Waals surface area contributed by atoms with E-state index in [1.807, 2.05) is 30.3 Å². The molecule has 1 rings (SSSR count). The first-order chi connectivity index (χ1) is 14.9. The van der Waals surface area contributed by atoms with Crippen molar-refractivity contribution in [1.82, 2.24) is 15.8 Å². The van der Waals surface area contributed by atoms with Crippen LogP contribution in [0.3, 0.4) is 0 Å². The molecule has 8 nitrogen and oxygen atoms in total. The number of carbonyl (C=O) groups is 1. The quantitative estimate of drug-likeness (QED) is 0.0903. The molecule has 31 heavy (non-hydrogen) atoms. The minimum absolute atomic E-state index is 0.0942. The van der Waals surface area contributed by atoms with Crippen molar-refractivity contribution in [1.29, 1.82) is 5.41 Å². The van der Waals surface area contributed by atoms with Gasteiger partial charge in [-0.2, -0.15) is 0 Å². The lowest BCUT2D eigenvalue weighted by Crippen LogP contribution is -2.49. The maximum atomic E-state index is 13.0. The van der Waals surface area contributed by atoms with Gasteiger partial charge >= 0.3 is 21.6 Å². The van der Waals surface area contributed by atoms with Crippen LogP contribution >= 0.6 is 0 Å². The van der Waals surface area contributed by atoms with Gasteiger partial charge < -0.3 is 30.5 Å². The van der Waals surface area contributed by atoms with Crippen molar-refractivity contribution >= 4 is 33.9 Å². The van der Waals surface area contributed by atoms with Gasteiger partial charge in [0.1, 0.15) is 6.40 Å². The van der Waals surface area contributed by atoms with E-state index in [-0.39, 0.29) is 5.91 Å².